The van der Waals surface area contributed by atoms with Crippen LogP contribution in [0, 0.1) is 18.3 Å². The molecule has 3 aromatic rings. The molecule has 0 spiro atoms. The van der Waals surface area contributed by atoms with Crippen LogP contribution in [0.3, 0.4) is 0 Å². The monoisotopic (exact) mass is 258 g/mol. The molecule has 88 valence electrons. The van der Waals surface area contributed by atoms with E-state index in [0.29, 0.717) is 16.6 Å². The lowest BCUT2D eigenvalue weighted by atomic mass is 10.3. The number of hydrogen-bond acceptors (Lipinski definition) is 7. The largest absolute Gasteiger partial charge is 0.463 e. The van der Waals surface area contributed by atoms with Gasteiger partial charge in [-0.3, -0.25) is 0 Å². The normalized spacial score (nSPS) is 10.4. The number of nitrogens with zero attached hydrogens (tertiary/aromatic N) is 6. The van der Waals surface area contributed by atoms with Crippen molar-refractivity contribution in [1.29, 1.82) is 5.26 Å². The van der Waals surface area contributed by atoms with Crippen LogP contribution in [0.5, 0.6) is 0 Å². The molecule has 0 saturated heterocycles. The molecule has 7 nitrogen and oxygen atoms in total. The molecule has 0 N–H and O–H groups in total. The van der Waals surface area contributed by atoms with E-state index >= 15 is 0 Å². The molecule has 3 rings (SSSR count). The van der Waals surface area contributed by atoms with Gasteiger partial charge in [-0.05, 0) is 19.1 Å². The third kappa shape index (κ3) is 1.57. The van der Waals surface area contributed by atoms with Gasteiger partial charge in [-0.15, -0.1) is 15.3 Å². The Morgan fingerprint density at radius 2 is 2.28 bits per heavy atom. The highest BCUT2D eigenvalue weighted by molar-refractivity contribution is 7.13. The van der Waals surface area contributed by atoms with E-state index in [2.05, 4.69) is 20.5 Å². The number of hydrogen-bond donors (Lipinski definition) is 0. The molecular formula is C10H6N6OS. The second-order valence-corrected chi connectivity index (χ2v) is 4.55. The average Bonchev–Trinajstić information content (AvgIpc) is 3.07. The van der Waals surface area contributed by atoms with Crippen LogP contribution < -0.4 is 0 Å². The van der Waals surface area contributed by atoms with Gasteiger partial charge in [-0.25, -0.2) is 0 Å². The molecule has 0 atom stereocenters. The Morgan fingerprint density at radius 3 is 2.89 bits per heavy atom. The molecule has 0 saturated carbocycles. The van der Waals surface area contributed by atoms with Gasteiger partial charge in [0.15, 0.2) is 17.1 Å². The van der Waals surface area contributed by atoms with Crippen LogP contribution in [0.1, 0.15) is 10.7 Å². The molecule has 0 aliphatic rings. The highest BCUT2D eigenvalue weighted by atomic mass is 32.1. The van der Waals surface area contributed by atoms with Gasteiger partial charge in [0.2, 0.25) is 5.13 Å². The van der Waals surface area contributed by atoms with E-state index in [1.807, 2.05) is 13.0 Å². The molecule has 0 radical (unpaired) electrons. The van der Waals surface area contributed by atoms with Crippen molar-refractivity contribution < 1.29 is 4.42 Å². The van der Waals surface area contributed by atoms with Gasteiger partial charge in [0, 0.05) is 0 Å². The fraction of sp³-hybridized carbons (Fsp3) is 0.100. The van der Waals surface area contributed by atoms with Crippen LogP contribution in [-0.4, -0.2) is 25.2 Å². The summed E-state index contributed by atoms with van der Waals surface area (Å²) in [4.78, 5) is 0. The summed E-state index contributed by atoms with van der Waals surface area (Å²) in [5.74, 6) is 0.518. The second kappa shape index (κ2) is 4.05. The Kier molecular flexibility index (Phi) is 2.39. The first-order valence-corrected chi connectivity index (χ1v) is 5.81. The zero-order chi connectivity index (χ0) is 12.5. The molecule has 3 heterocycles. The van der Waals surface area contributed by atoms with Crippen LogP contribution in [-0.2, 0) is 0 Å². The average molecular weight is 258 g/mol. The quantitative estimate of drug-likeness (QED) is 0.692. The first-order valence-electron chi connectivity index (χ1n) is 5.00. The van der Waals surface area contributed by atoms with Gasteiger partial charge in [0.25, 0.3) is 0 Å². The van der Waals surface area contributed by atoms with E-state index in [1.165, 1.54) is 22.3 Å². The molecular weight excluding hydrogens is 252 g/mol. The van der Waals surface area contributed by atoms with Crippen LogP contribution in [0.4, 0.5) is 0 Å². The molecule has 18 heavy (non-hydrogen) atoms. The minimum absolute atomic E-state index is 0.192. The molecule has 8 heteroatoms. The molecule has 0 aromatic carbocycles. The highest BCUT2D eigenvalue weighted by Crippen LogP contribution is 2.26. The predicted octanol–water partition coefficient (Wildman–Crippen LogP) is 1.56. The Morgan fingerprint density at radius 1 is 1.39 bits per heavy atom. The lowest BCUT2D eigenvalue weighted by Crippen LogP contribution is -1.98. The Hall–Kier alpha value is -2.53. The van der Waals surface area contributed by atoms with Gasteiger partial charge in [-0.2, -0.15) is 9.94 Å². The van der Waals surface area contributed by atoms with Gasteiger partial charge in [0.05, 0.1) is 6.26 Å². The lowest BCUT2D eigenvalue weighted by Gasteiger charge is -1.98. The van der Waals surface area contributed by atoms with Gasteiger partial charge in [-0.1, -0.05) is 16.6 Å². The minimum Gasteiger partial charge on any atom is -0.463 e. The zero-order valence-electron chi connectivity index (χ0n) is 9.23. The smallest absolute Gasteiger partial charge is 0.234 e. The van der Waals surface area contributed by atoms with E-state index in [1.54, 1.807) is 12.1 Å². The Balaban J connectivity index is 2.23. The van der Waals surface area contributed by atoms with E-state index in [4.69, 9.17) is 9.68 Å². The van der Waals surface area contributed by atoms with Crippen molar-refractivity contribution in [2.45, 2.75) is 6.92 Å². The first-order chi connectivity index (χ1) is 8.79. The standard InChI is InChI=1S/C10H6N6OS/c1-6-12-14-10(18-6)16-9(7(5-11)13-15-16)8-3-2-4-17-8/h2-4H,1H3. The van der Waals surface area contributed by atoms with Crippen LogP contribution >= 0.6 is 11.3 Å². The van der Waals surface area contributed by atoms with E-state index in [-0.39, 0.29) is 5.69 Å². The number of nitriles is 1. The summed E-state index contributed by atoms with van der Waals surface area (Å²) in [6.07, 6.45) is 1.53. The molecule has 0 bridgehead atoms. The third-order valence-electron chi connectivity index (χ3n) is 2.23. The van der Waals surface area contributed by atoms with Gasteiger partial charge < -0.3 is 4.42 Å². The maximum atomic E-state index is 9.04. The fourth-order valence-electron chi connectivity index (χ4n) is 1.50. The van der Waals surface area contributed by atoms with E-state index in [9.17, 15) is 0 Å². The summed E-state index contributed by atoms with van der Waals surface area (Å²) in [6, 6.07) is 5.46. The van der Waals surface area contributed by atoms with Crippen molar-refractivity contribution in [2.24, 2.45) is 0 Å². The zero-order valence-corrected chi connectivity index (χ0v) is 10.0. The van der Waals surface area contributed by atoms with Crippen LogP contribution in [0.25, 0.3) is 16.6 Å². The van der Waals surface area contributed by atoms with Crippen LogP contribution in [0.2, 0.25) is 0 Å². The summed E-state index contributed by atoms with van der Waals surface area (Å²) in [5, 5.41) is 26.0. The fourth-order valence-corrected chi connectivity index (χ4v) is 2.14. The van der Waals surface area contributed by atoms with Crippen molar-refractivity contribution >= 4 is 11.3 Å². The number of furan rings is 1. The van der Waals surface area contributed by atoms with Crippen molar-refractivity contribution in [1.82, 2.24) is 25.2 Å². The van der Waals surface area contributed by atoms with E-state index < -0.39 is 0 Å². The lowest BCUT2D eigenvalue weighted by molar-refractivity contribution is 0.576. The summed E-state index contributed by atoms with van der Waals surface area (Å²) in [5.41, 5.74) is 0.677. The summed E-state index contributed by atoms with van der Waals surface area (Å²) in [7, 11) is 0. The summed E-state index contributed by atoms with van der Waals surface area (Å²) in [6.45, 7) is 1.84. The molecule has 0 aliphatic carbocycles. The van der Waals surface area contributed by atoms with Crippen molar-refractivity contribution in [3.05, 3.63) is 29.1 Å². The SMILES string of the molecule is Cc1nnc(-n2nnc(C#N)c2-c2ccco2)s1. The van der Waals surface area contributed by atoms with Crippen molar-refractivity contribution in [2.75, 3.05) is 0 Å². The molecule has 0 fully saturated rings. The van der Waals surface area contributed by atoms with Crippen molar-refractivity contribution in [3.8, 4) is 22.7 Å². The number of aryl methyl sites for hydroxylation is 1. The van der Waals surface area contributed by atoms with E-state index in [0.717, 1.165) is 5.01 Å². The number of rotatable bonds is 2. The Labute approximate surface area is 105 Å². The maximum absolute atomic E-state index is 9.04. The second-order valence-electron chi connectivity index (χ2n) is 3.39. The van der Waals surface area contributed by atoms with Gasteiger partial charge >= 0.3 is 0 Å². The maximum Gasteiger partial charge on any atom is 0.234 e. The predicted molar refractivity (Wildman–Crippen MR) is 62.0 cm³/mol. The molecule has 0 amide bonds. The summed E-state index contributed by atoms with van der Waals surface area (Å²) < 4.78 is 6.75. The molecule has 0 unspecified atom stereocenters. The van der Waals surface area contributed by atoms with Crippen LogP contribution in [0.15, 0.2) is 22.8 Å². The third-order valence-corrected chi connectivity index (χ3v) is 3.04. The minimum atomic E-state index is 0.192. The number of aromatic nitrogens is 5. The van der Waals surface area contributed by atoms with Crippen molar-refractivity contribution in [3.63, 3.8) is 0 Å². The topological polar surface area (TPSA) is 93.4 Å². The highest BCUT2D eigenvalue weighted by Gasteiger charge is 2.20. The molecule has 0 aliphatic heterocycles. The summed E-state index contributed by atoms with van der Waals surface area (Å²) >= 11 is 1.36. The Bertz CT molecular complexity index is 720. The van der Waals surface area contributed by atoms with Gasteiger partial charge in [0.1, 0.15) is 11.1 Å². The first kappa shape index (κ1) is 10.6. The molecule has 3 aromatic heterocycles.